The van der Waals surface area contributed by atoms with Crippen LogP contribution in [-0.2, 0) is 16.0 Å². The van der Waals surface area contributed by atoms with E-state index in [1.807, 2.05) is 11.8 Å². The first-order valence-electron chi connectivity index (χ1n) is 5.08. The molecule has 1 N–H and O–H groups in total. The quantitative estimate of drug-likeness (QED) is 0.776. The van der Waals surface area contributed by atoms with Crippen molar-refractivity contribution < 1.29 is 19.1 Å². The van der Waals surface area contributed by atoms with E-state index in [0.717, 1.165) is 25.1 Å². The molecule has 16 heavy (non-hydrogen) atoms. The lowest BCUT2D eigenvalue weighted by atomic mass is 10.3. The number of rotatable bonds is 2. The number of aliphatic hydroxyl groups is 1. The van der Waals surface area contributed by atoms with E-state index >= 15 is 0 Å². The van der Waals surface area contributed by atoms with Gasteiger partial charge in [0.15, 0.2) is 0 Å². The Morgan fingerprint density at radius 2 is 2.38 bits per heavy atom. The molecule has 1 atom stereocenters. The summed E-state index contributed by atoms with van der Waals surface area (Å²) in [7, 11) is 0. The maximum Gasteiger partial charge on any atom is 0.373 e. The van der Waals surface area contributed by atoms with E-state index in [9.17, 15) is 5.11 Å². The van der Waals surface area contributed by atoms with Gasteiger partial charge in [0.1, 0.15) is 6.26 Å². The Morgan fingerprint density at radius 3 is 2.81 bits per heavy atom. The molecule has 1 saturated heterocycles. The Kier molecular flexibility index (Phi) is 4.69. The maximum absolute atomic E-state index is 9.31. The zero-order chi connectivity index (χ0) is 12.0. The number of β-amino-alcohol motifs (C(OH)–C–C–N with tert-alkyl or cyclic N) is 1. The number of nitrogens with zero attached hydrogens (tertiary/aromatic N) is 2. The first-order chi connectivity index (χ1) is 7.71. The van der Waals surface area contributed by atoms with Crippen LogP contribution in [0.5, 0.6) is 0 Å². The summed E-state index contributed by atoms with van der Waals surface area (Å²) in [5.41, 5.74) is 0.969. The van der Waals surface area contributed by atoms with Crippen LogP contribution in [0.3, 0.4) is 0 Å². The van der Waals surface area contributed by atoms with Crippen LogP contribution < -0.4 is 4.90 Å². The molecular weight excluding hydrogens is 212 g/mol. The molecule has 0 bridgehead atoms. The molecule has 0 spiro atoms. The van der Waals surface area contributed by atoms with Crippen LogP contribution in [0.2, 0.25) is 0 Å². The summed E-state index contributed by atoms with van der Waals surface area (Å²) >= 11 is 0. The fraction of sp³-hybridized carbons (Fsp3) is 0.600. The Labute approximate surface area is 92.9 Å². The van der Waals surface area contributed by atoms with Crippen molar-refractivity contribution in [2.45, 2.75) is 25.9 Å². The Balaban J connectivity index is 0.000000386. The van der Waals surface area contributed by atoms with Crippen molar-refractivity contribution in [2.24, 2.45) is 0 Å². The minimum absolute atomic E-state index is 0.225. The van der Waals surface area contributed by atoms with Gasteiger partial charge in [-0.15, -0.1) is 0 Å². The lowest BCUT2D eigenvalue weighted by molar-refractivity contribution is -0.191. The van der Waals surface area contributed by atoms with Crippen LogP contribution in [-0.4, -0.2) is 35.4 Å². The van der Waals surface area contributed by atoms with E-state index in [-0.39, 0.29) is 12.3 Å². The molecule has 0 aromatic carbocycles. The van der Waals surface area contributed by atoms with Crippen LogP contribution in [0, 0.1) is 0 Å². The summed E-state index contributed by atoms with van der Waals surface area (Å²) in [5.74, 6) is 0. The van der Waals surface area contributed by atoms with Crippen molar-refractivity contribution in [1.29, 1.82) is 0 Å². The molecule has 1 aliphatic heterocycles. The molecule has 0 unspecified atom stereocenters. The van der Waals surface area contributed by atoms with Crippen molar-refractivity contribution in [1.82, 2.24) is 4.98 Å². The van der Waals surface area contributed by atoms with Crippen LogP contribution in [0.1, 0.15) is 19.0 Å². The fourth-order valence-electron chi connectivity index (χ4n) is 1.52. The standard InChI is InChI=1S/C9H14N2O2.CO2/c1-2-7-6-13-9(10-7)11-4-3-8(12)5-11;2-1-3/h6,8,12H,2-5H2,1H3;/t8-;/m0./s1. The molecule has 1 aliphatic rings. The Hall–Kier alpha value is -1.65. The SMILES string of the molecule is CCc1coc(N2CC[C@H](O)C2)n1.O=C=O. The number of carbonyl (C=O) groups excluding carboxylic acids is 2. The minimum Gasteiger partial charge on any atom is -0.432 e. The third-order valence-corrected chi connectivity index (χ3v) is 2.34. The van der Waals surface area contributed by atoms with Gasteiger partial charge in [0.05, 0.1) is 11.8 Å². The topological polar surface area (TPSA) is 83.6 Å². The second kappa shape index (κ2) is 6.05. The van der Waals surface area contributed by atoms with Crippen molar-refractivity contribution in [3.63, 3.8) is 0 Å². The normalized spacial score (nSPS) is 18.9. The molecular formula is C10H14N2O4. The molecule has 2 heterocycles. The third kappa shape index (κ3) is 3.18. The van der Waals surface area contributed by atoms with E-state index in [0.29, 0.717) is 12.6 Å². The lowest BCUT2D eigenvalue weighted by Crippen LogP contribution is -2.21. The van der Waals surface area contributed by atoms with Gasteiger partial charge in [0.2, 0.25) is 0 Å². The molecule has 0 saturated carbocycles. The van der Waals surface area contributed by atoms with Gasteiger partial charge in [0.25, 0.3) is 6.01 Å². The van der Waals surface area contributed by atoms with Crippen LogP contribution in [0.4, 0.5) is 6.01 Å². The van der Waals surface area contributed by atoms with Gasteiger partial charge in [-0.3, -0.25) is 0 Å². The monoisotopic (exact) mass is 226 g/mol. The molecule has 1 fully saturated rings. The molecule has 0 radical (unpaired) electrons. The van der Waals surface area contributed by atoms with E-state index in [2.05, 4.69) is 4.98 Å². The fourth-order valence-corrected chi connectivity index (χ4v) is 1.52. The number of aryl methyl sites for hydroxylation is 1. The highest BCUT2D eigenvalue weighted by molar-refractivity contribution is 5.29. The summed E-state index contributed by atoms with van der Waals surface area (Å²) in [6.07, 6.45) is 3.40. The van der Waals surface area contributed by atoms with Gasteiger partial charge < -0.3 is 14.4 Å². The first kappa shape index (κ1) is 12.4. The van der Waals surface area contributed by atoms with Crippen molar-refractivity contribution in [3.8, 4) is 0 Å². The molecule has 2 rings (SSSR count). The highest BCUT2D eigenvalue weighted by Crippen LogP contribution is 2.19. The maximum atomic E-state index is 9.31. The summed E-state index contributed by atoms with van der Waals surface area (Å²) in [6, 6.07) is 0.647. The van der Waals surface area contributed by atoms with Gasteiger partial charge in [-0.05, 0) is 12.8 Å². The molecule has 0 aliphatic carbocycles. The first-order valence-corrected chi connectivity index (χ1v) is 5.08. The lowest BCUT2D eigenvalue weighted by Gasteiger charge is -2.10. The van der Waals surface area contributed by atoms with Crippen molar-refractivity contribution in [2.75, 3.05) is 18.0 Å². The van der Waals surface area contributed by atoms with Gasteiger partial charge >= 0.3 is 6.15 Å². The average molecular weight is 226 g/mol. The van der Waals surface area contributed by atoms with Gasteiger partial charge in [-0.2, -0.15) is 14.6 Å². The second-order valence-corrected chi connectivity index (χ2v) is 3.45. The number of oxazole rings is 1. The minimum atomic E-state index is -0.225. The smallest absolute Gasteiger partial charge is 0.373 e. The largest absolute Gasteiger partial charge is 0.432 e. The summed E-state index contributed by atoms with van der Waals surface area (Å²) in [5, 5.41) is 9.31. The molecule has 0 amide bonds. The molecule has 6 heteroatoms. The average Bonchev–Trinajstić information content (AvgIpc) is 2.86. The molecule has 1 aromatic rings. The van der Waals surface area contributed by atoms with E-state index in [4.69, 9.17) is 14.0 Å². The van der Waals surface area contributed by atoms with E-state index in [1.54, 1.807) is 6.26 Å². The van der Waals surface area contributed by atoms with Crippen molar-refractivity contribution >= 4 is 12.2 Å². The zero-order valence-electron chi connectivity index (χ0n) is 9.05. The molecule has 6 nitrogen and oxygen atoms in total. The van der Waals surface area contributed by atoms with Gasteiger partial charge in [-0.1, -0.05) is 6.92 Å². The van der Waals surface area contributed by atoms with Crippen molar-refractivity contribution in [3.05, 3.63) is 12.0 Å². The summed E-state index contributed by atoms with van der Waals surface area (Å²) in [4.78, 5) is 22.5. The number of aromatic nitrogens is 1. The van der Waals surface area contributed by atoms with Crippen LogP contribution in [0.25, 0.3) is 0 Å². The number of hydrogen-bond donors (Lipinski definition) is 1. The van der Waals surface area contributed by atoms with E-state index in [1.165, 1.54) is 0 Å². The molecule has 88 valence electrons. The predicted molar refractivity (Wildman–Crippen MR) is 53.7 cm³/mol. The van der Waals surface area contributed by atoms with Gasteiger partial charge in [0, 0.05) is 13.1 Å². The number of aliphatic hydroxyl groups excluding tert-OH is 1. The van der Waals surface area contributed by atoms with Crippen LogP contribution >= 0.6 is 0 Å². The number of anilines is 1. The highest BCUT2D eigenvalue weighted by Gasteiger charge is 2.23. The summed E-state index contributed by atoms with van der Waals surface area (Å²) in [6.45, 7) is 3.52. The number of hydrogen-bond acceptors (Lipinski definition) is 6. The van der Waals surface area contributed by atoms with Gasteiger partial charge in [-0.25, -0.2) is 0 Å². The second-order valence-electron chi connectivity index (χ2n) is 3.45. The Bertz CT molecular complexity index is 357. The highest BCUT2D eigenvalue weighted by atomic mass is 16.4. The molecule has 1 aromatic heterocycles. The zero-order valence-corrected chi connectivity index (χ0v) is 9.05. The predicted octanol–water partition coefficient (Wildman–Crippen LogP) is 0.224. The van der Waals surface area contributed by atoms with Crippen LogP contribution in [0.15, 0.2) is 10.7 Å². The Morgan fingerprint density at radius 1 is 1.69 bits per heavy atom. The summed E-state index contributed by atoms with van der Waals surface area (Å²) < 4.78 is 5.29. The third-order valence-electron chi connectivity index (χ3n) is 2.34. The van der Waals surface area contributed by atoms with E-state index < -0.39 is 0 Å².